The predicted octanol–water partition coefficient (Wildman–Crippen LogP) is 4.48. The summed E-state index contributed by atoms with van der Waals surface area (Å²) in [5, 5.41) is 2.84. The highest BCUT2D eigenvalue weighted by atomic mass is 32.2. The molecule has 1 amide bonds. The lowest BCUT2D eigenvalue weighted by Gasteiger charge is -2.13. The van der Waals surface area contributed by atoms with E-state index in [4.69, 9.17) is 0 Å². The summed E-state index contributed by atoms with van der Waals surface area (Å²) in [5.41, 5.74) is 4.12. The second-order valence-electron chi connectivity index (χ2n) is 6.03. The van der Waals surface area contributed by atoms with Gasteiger partial charge in [0.2, 0.25) is 5.91 Å². The summed E-state index contributed by atoms with van der Waals surface area (Å²) < 4.78 is 0. The summed E-state index contributed by atoms with van der Waals surface area (Å²) in [6.45, 7) is 7.56. The van der Waals surface area contributed by atoms with Gasteiger partial charge in [-0.1, -0.05) is 42.0 Å². The molecular weight excluding hydrogens is 318 g/mol. The molecule has 0 bridgehead atoms. The van der Waals surface area contributed by atoms with E-state index >= 15 is 0 Å². The molecular formula is C20H23NO2S. The third-order valence-electron chi connectivity index (χ3n) is 3.84. The van der Waals surface area contributed by atoms with Crippen LogP contribution in [-0.4, -0.2) is 17.4 Å². The molecule has 1 unspecified atom stereocenters. The molecule has 2 rings (SSSR count). The van der Waals surface area contributed by atoms with Gasteiger partial charge in [0.25, 0.3) is 0 Å². The maximum atomic E-state index is 12.4. The van der Waals surface area contributed by atoms with Crippen LogP contribution in [0.25, 0.3) is 0 Å². The minimum Gasteiger partial charge on any atom is -0.350 e. The smallest absolute Gasteiger partial charge is 0.217 e. The average Bonchev–Trinajstić information content (AvgIpc) is 2.53. The summed E-state index contributed by atoms with van der Waals surface area (Å²) in [7, 11) is 0. The Morgan fingerprint density at radius 2 is 1.75 bits per heavy atom. The van der Waals surface area contributed by atoms with E-state index in [2.05, 4.69) is 37.4 Å². The van der Waals surface area contributed by atoms with Gasteiger partial charge in [0, 0.05) is 17.4 Å². The number of Topliss-reactive ketones (excluding diaryl/α,β-unsaturated/α-hetero) is 1. The Labute approximate surface area is 147 Å². The fourth-order valence-electron chi connectivity index (χ4n) is 2.53. The molecule has 0 spiro atoms. The zero-order valence-corrected chi connectivity index (χ0v) is 15.4. The van der Waals surface area contributed by atoms with Crippen LogP contribution in [0.1, 0.15) is 46.9 Å². The highest BCUT2D eigenvalue weighted by Gasteiger charge is 2.10. The molecule has 0 aliphatic heterocycles. The number of carbonyl (C=O) groups is 2. The first kappa shape index (κ1) is 18.3. The van der Waals surface area contributed by atoms with Crippen molar-refractivity contribution >= 4 is 23.5 Å². The molecule has 0 aliphatic rings. The van der Waals surface area contributed by atoms with Crippen molar-refractivity contribution in [2.45, 2.75) is 38.6 Å². The van der Waals surface area contributed by atoms with Crippen LogP contribution in [0, 0.1) is 13.8 Å². The largest absolute Gasteiger partial charge is 0.350 e. The van der Waals surface area contributed by atoms with Gasteiger partial charge in [0.15, 0.2) is 5.78 Å². The first-order valence-corrected chi connectivity index (χ1v) is 8.95. The maximum absolute atomic E-state index is 12.4. The molecule has 0 fully saturated rings. The van der Waals surface area contributed by atoms with E-state index in [0.29, 0.717) is 11.3 Å². The van der Waals surface area contributed by atoms with Gasteiger partial charge in [-0.2, -0.15) is 0 Å². The van der Waals surface area contributed by atoms with Gasteiger partial charge in [-0.25, -0.2) is 0 Å². The second-order valence-corrected chi connectivity index (χ2v) is 7.04. The molecule has 0 saturated heterocycles. The van der Waals surface area contributed by atoms with Crippen molar-refractivity contribution in [1.82, 2.24) is 5.32 Å². The Bertz CT molecular complexity index is 738. The number of carbonyl (C=O) groups excluding carboxylic acids is 2. The highest BCUT2D eigenvalue weighted by molar-refractivity contribution is 8.00. The average molecular weight is 341 g/mol. The summed E-state index contributed by atoms with van der Waals surface area (Å²) in [6, 6.07) is 13.7. The predicted molar refractivity (Wildman–Crippen MR) is 99.6 cm³/mol. The van der Waals surface area contributed by atoms with Crippen LogP contribution in [0.4, 0.5) is 0 Å². The molecule has 0 aromatic heterocycles. The van der Waals surface area contributed by atoms with Crippen LogP contribution in [0.15, 0.2) is 47.4 Å². The van der Waals surface area contributed by atoms with E-state index in [1.807, 2.05) is 31.2 Å². The zero-order valence-electron chi connectivity index (χ0n) is 14.6. The van der Waals surface area contributed by atoms with E-state index in [-0.39, 0.29) is 17.7 Å². The van der Waals surface area contributed by atoms with Crippen LogP contribution in [0.3, 0.4) is 0 Å². The molecule has 2 aromatic rings. The van der Waals surface area contributed by atoms with E-state index in [1.54, 1.807) is 11.8 Å². The number of benzene rings is 2. The van der Waals surface area contributed by atoms with Crippen molar-refractivity contribution < 1.29 is 9.59 Å². The normalized spacial score (nSPS) is 11.8. The maximum Gasteiger partial charge on any atom is 0.217 e. The van der Waals surface area contributed by atoms with Gasteiger partial charge in [0.05, 0.1) is 11.8 Å². The number of aryl methyl sites for hydroxylation is 2. The van der Waals surface area contributed by atoms with Gasteiger partial charge >= 0.3 is 0 Å². The SMILES string of the molecule is CC(=O)NC(C)c1ccc(C(=O)CSc2ccc(C)cc2C)cc1. The molecule has 1 N–H and O–H groups in total. The van der Waals surface area contributed by atoms with Crippen molar-refractivity contribution in [3.63, 3.8) is 0 Å². The third-order valence-corrected chi connectivity index (χ3v) is 5.02. The molecule has 4 heteroatoms. The van der Waals surface area contributed by atoms with Crippen LogP contribution < -0.4 is 5.32 Å². The van der Waals surface area contributed by atoms with Crippen LogP contribution >= 0.6 is 11.8 Å². The number of hydrogen-bond donors (Lipinski definition) is 1. The standard InChI is InChI=1S/C20H23NO2S/c1-13-5-10-20(14(2)11-13)24-12-19(23)18-8-6-17(7-9-18)15(3)21-16(4)22/h5-11,15H,12H2,1-4H3,(H,21,22). The molecule has 0 radical (unpaired) electrons. The van der Waals surface area contributed by atoms with Crippen LogP contribution in [0.2, 0.25) is 0 Å². The molecule has 3 nitrogen and oxygen atoms in total. The minimum absolute atomic E-state index is 0.0590. The van der Waals surface area contributed by atoms with E-state index in [9.17, 15) is 9.59 Å². The van der Waals surface area contributed by atoms with Crippen molar-refractivity contribution in [3.8, 4) is 0 Å². The van der Waals surface area contributed by atoms with Crippen molar-refractivity contribution in [2.75, 3.05) is 5.75 Å². The topological polar surface area (TPSA) is 46.2 Å². The lowest BCUT2D eigenvalue weighted by molar-refractivity contribution is -0.119. The molecule has 0 aliphatic carbocycles. The molecule has 24 heavy (non-hydrogen) atoms. The number of ketones is 1. The van der Waals surface area contributed by atoms with Crippen LogP contribution in [0.5, 0.6) is 0 Å². The van der Waals surface area contributed by atoms with Gasteiger partial charge in [-0.15, -0.1) is 11.8 Å². The zero-order chi connectivity index (χ0) is 17.7. The quantitative estimate of drug-likeness (QED) is 0.622. The number of rotatable bonds is 6. The van der Waals surface area contributed by atoms with Crippen molar-refractivity contribution in [2.24, 2.45) is 0 Å². The fraction of sp³-hybridized carbons (Fsp3) is 0.300. The summed E-state index contributed by atoms with van der Waals surface area (Å²) in [6.07, 6.45) is 0. The number of nitrogens with one attached hydrogen (secondary N) is 1. The summed E-state index contributed by atoms with van der Waals surface area (Å²) >= 11 is 1.57. The lowest BCUT2D eigenvalue weighted by Crippen LogP contribution is -2.23. The van der Waals surface area contributed by atoms with Gasteiger partial charge in [0.1, 0.15) is 0 Å². The number of hydrogen-bond acceptors (Lipinski definition) is 3. The minimum atomic E-state index is -0.0625. The Kier molecular flexibility index (Phi) is 6.21. The van der Waals surface area contributed by atoms with Crippen molar-refractivity contribution in [1.29, 1.82) is 0 Å². The van der Waals surface area contributed by atoms with E-state index in [0.717, 1.165) is 10.5 Å². The van der Waals surface area contributed by atoms with Crippen molar-refractivity contribution in [3.05, 3.63) is 64.7 Å². The Balaban J connectivity index is 1.98. The Morgan fingerprint density at radius 3 is 2.33 bits per heavy atom. The van der Waals surface area contributed by atoms with Gasteiger partial charge < -0.3 is 5.32 Å². The molecule has 0 saturated carbocycles. The number of amides is 1. The molecule has 1 atom stereocenters. The first-order chi connectivity index (χ1) is 11.4. The van der Waals surface area contributed by atoms with E-state index in [1.165, 1.54) is 18.1 Å². The van der Waals surface area contributed by atoms with E-state index < -0.39 is 0 Å². The lowest BCUT2D eigenvalue weighted by atomic mass is 10.0. The Hall–Kier alpha value is -2.07. The highest BCUT2D eigenvalue weighted by Crippen LogP contribution is 2.24. The first-order valence-electron chi connectivity index (χ1n) is 7.97. The van der Waals surface area contributed by atoms with Crippen LogP contribution in [-0.2, 0) is 4.79 Å². The monoisotopic (exact) mass is 341 g/mol. The number of thioether (sulfide) groups is 1. The Morgan fingerprint density at radius 1 is 1.08 bits per heavy atom. The fourth-order valence-corrected chi connectivity index (χ4v) is 3.44. The summed E-state index contributed by atoms with van der Waals surface area (Å²) in [5.74, 6) is 0.469. The second kappa shape index (κ2) is 8.15. The van der Waals surface area contributed by atoms with Gasteiger partial charge in [-0.3, -0.25) is 9.59 Å². The molecule has 126 valence electrons. The van der Waals surface area contributed by atoms with Gasteiger partial charge in [-0.05, 0) is 38.0 Å². The summed E-state index contributed by atoms with van der Waals surface area (Å²) in [4.78, 5) is 24.6. The molecule has 2 aromatic carbocycles. The molecule has 0 heterocycles. The third kappa shape index (κ3) is 4.96.